The number of methoxy groups -OCH3 is 1. The Kier molecular flexibility index (Phi) is 4.19. The molecule has 0 spiro atoms. The summed E-state index contributed by atoms with van der Waals surface area (Å²) in [4.78, 5) is 0. The molecule has 1 fully saturated rings. The highest BCUT2D eigenvalue weighted by Gasteiger charge is 2.34. The van der Waals surface area contributed by atoms with E-state index in [4.69, 9.17) is 9.47 Å². The van der Waals surface area contributed by atoms with Gasteiger partial charge in [0.25, 0.3) is 0 Å². The maximum absolute atomic E-state index is 12.9. The van der Waals surface area contributed by atoms with E-state index in [0.717, 1.165) is 18.9 Å². The van der Waals surface area contributed by atoms with Gasteiger partial charge in [-0.2, -0.15) is 13.2 Å². The van der Waals surface area contributed by atoms with Gasteiger partial charge in [0.15, 0.2) is 0 Å². The van der Waals surface area contributed by atoms with E-state index in [1.165, 1.54) is 19.2 Å². The number of hydrogen-bond donors (Lipinski definition) is 1. The summed E-state index contributed by atoms with van der Waals surface area (Å²) in [6, 6.07) is 3.89. The van der Waals surface area contributed by atoms with Crippen LogP contribution in [0.15, 0.2) is 18.2 Å². The summed E-state index contributed by atoms with van der Waals surface area (Å²) in [6.07, 6.45) is -2.58. The summed E-state index contributed by atoms with van der Waals surface area (Å²) in [7, 11) is 1.34. The van der Waals surface area contributed by atoms with Crippen LogP contribution in [0.2, 0.25) is 0 Å². The number of halogens is 3. The van der Waals surface area contributed by atoms with Gasteiger partial charge in [0.2, 0.25) is 0 Å². The van der Waals surface area contributed by atoms with Crippen molar-refractivity contribution < 1.29 is 22.6 Å². The predicted molar refractivity (Wildman–Crippen MR) is 65.5 cm³/mol. The third kappa shape index (κ3) is 3.53. The molecular weight excluding hydrogens is 259 g/mol. The Balaban J connectivity index is 2.13. The standard InChI is InChI=1S/C13H16F3NO2/c1-18-9-4-5-12(11(7-9)13(14,15)16)17-8-10-3-2-6-19-10/h4-5,7,10,17H,2-3,6,8H2,1H3. The van der Waals surface area contributed by atoms with Crippen molar-refractivity contribution in [3.8, 4) is 5.75 Å². The van der Waals surface area contributed by atoms with Crippen molar-refractivity contribution in [2.75, 3.05) is 25.6 Å². The second-order valence-electron chi connectivity index (χ2n) is 4.43. The molecule has 1 aliphatic rings. The van der Waals surface area contributed by atoms with Crippen LogP contribution < -0.4 is 10.1 Å². The monoisotopic (exact) mass is 275 g/mol. The molecule has 1 aliphatic heterocycles. The van der Waals surface area contributed by atoms with Crippen LogP contribution in [0.25, 0.3) is 0 Å². The molecule has 1 aromatic carbocycles. The van der Waals surface area contributed by atoms with Crippen LogP contribution in [0.3, 0.4) is 0 Å². The van der Waals surface area contributed by atoms with Crippen LogP contribution in [0.5, 0.6) is 5.75 Å². The lowest BCUT2D eigenvalue weighted by atomic mass is 10.1. The quantitative estimate of drug-likeness (QED) is 0.914. The van der Waals surface area contributed by atoms with Gasteiger partial charge in [-0.15, -0.1) is 0 Å². The highest BCUT2D eigenvalue weighted by molar-refractivity contribution is 5.55. The van der Waals surface area contributed by atoms with Gasteiger partial charge >= 0.3 is 6.18 Å². The average molecular weight is 275 g/mol. The molecule has 0 bridgehead atoms. The van der Waals surface area contributed by atoms with Gasteiger partial charge in [-0.3, -0.25) is 0 Å². The number of anilines is 1. The summed E-state index contributed by atoms with van der Waals surface area (Å²) >= 11 is 0. The van der Waals surface area contributed by atoms with E-state index in [9.17, 15) is 13.2 Å². The second kappa shape index (κ2) is 5.69. The van der Waals surface area contributed by atoms with E-state index in [0.29, 0.717) is 13.2 Å². The van der Waals surface area contributed by atoms with Gasteiger partial charge in [0, 0.05) is 18.8 Å². The molecule has 1 unspecified atom stereocenters. The summed E-state index contributed by atoms with van der Waals surface area (Å²) in [5.41, 5.74) is -0.659. The number of rotatable bonds is 4. The van der Waals surface area contributed by atoms with E-state index in [1.807, 2.05) is 0 Å². The van der Waals surface area contributed by atoms with Crippen molar-refractivity contribution >= 4 is 5.69 Å². The Labute approximate surface area is 109 Å². The molecular formula is C13H16F3NO2. The molecule has 0 radical (unpaired) electrons. The van der Waals surface area contributed by atoms with E-state index in [2.05, 4.69) is 5.32 Å². The number of alkyl halides is 3. The molecule has 0 saturated carbocycles. The highest BCUT2D eigenvalue weighted by Crippen LogP contribution is 2.37. The zero-order valence-corrected chi connectivity index (χ0v) is 10.6. The van der Waals surface area contributed by atoms with Gasteiger partial charge in [-0.1, -0.05) is 0 Å². The van der Waals surface area contributed by atoms with Crippen LogP contribution in [0.1, 0.15) is 18.4 Å². The number of hydrogen-bond acceptors (Lipinski definition) is 3. The van der Waals surface area contributed by atoms with Crippen molar-refractivity contribution in [1.82, 2.24) is 0 Å². The molecule has 6 heteroatoms. The van der Waals surface area contributed by atoms with Crippen molar-refractivity contribution in [2.45, 2.75) is 25.1 Å². The normalized spacial score (nSPS) is 19.5. The van der Waals surface area contributed by atoms with Crippen molar-refractivity contribution in [3.05, 3.63) is 23.8 Å². The predicted octanol–water partition coefficient (Wildman–Crippen LogP) is 3.30. The fourth-order valence-corrected chi connectivity index (χ4v) is 2.07. The number of nitrogens with one attached hydrogen (secondary N) is 1. The molecule has 0 aliphatic carbocycles. The molecule has 3 nitrogen and oxygen atoms in total. The molecule has 1 N–H and O–H groups in total. The molecule has 19 heavy (non-hydrogen) atoms. The summed E-state index contributed by atoms with van der Waals surface area (Å²) in [5, 5.41) is 2.81. The minimum Gasteiger partial charge on any atom is -0.497 e. The first-order chi connectivity index (χ1) is 9.00. The Hall–Kier alpha value is -1.43. The summed E-state index contributed by atoms with van der Waals surface area (Å²) < 4.78 is 49.0. The Morgan fingerprint density at radius 3 is 2.79 bits per heavy atom. The average Bonchev–Trinajstić information content (AvgIpc) is 2.88. The molecule has 0 amide bonds. The lowest BCUT2D eigenvalue weighted by molar-refractivity contribution is -0.137. The molecule has 106 valence electrons. The van der Waals surface area contributed by atoms with Gasteiger partial charge in [0.1, 0.15) is 5.75 Å². The van der Waals surface area contributed by atoms with Crippen molar-refractivity contribution in [1.29, 1.82) is 0 Å². The molecule has 2 rings (SSSR count). The molecule has 1 heterocycles. The largest absolute Gasteiger partial charge is 0.497 e. The maximum Gasteiger partial charge on any atom is 0.418 e. The van der Waals surface area contributed by atoms with Crippen LogP contribution in [0.4, 0.5) is 18.9 Å². The fourth-order valence-electron chi connectivity index (χ4n) is 2.07. The number of ether oxygens (including phenoxy) is 2. The van der Waals surface area contributed by atoms with Crippen LogP contribution in [-0.2, 0) is 10.9 Å². The molecule has 1 atom stereocenters. The van der Waals surface area contributed by atoms with E-state index >= 15 is 0 Å². The zero-order valence-electron chi connectivity index (χ0n) is 10.6. The number of benzene rings is 1. The first-order valence-electron chi connectivity index (χ1n) is 6.11. The van der Waals surface area contributed by atoms with E-state index in [-0.39, 0.29) is 17.5 Å². The molecule has 1 saturated heterocycles. The minimum atomic E-state index is -4.41. The Morgan fingerprint density at radius 1 is 1.42 bits per heavy atom. The highest BCUT2D eigenvalue weighted by atomic mass is 19.4. The van der Waals surface area contributed by atoms with Crippen LogP contribution in [-0.4, -0.2) is 26.4 Å². The molecule has 0 aromatic heterocycles. The Bertz CT molecular complexity index is 428. The second-order valence-corrected chi connectivity index (χ2v) is 4.43. The maximum atomic E-state index is 12.9. The summed E-state index contributed by atoms with van der Waals surface area (Å²) in [6.45, 7) is 1.07. The van der Waals surface area contributed by atoms with Gasteiger partial charge in [-0.25, -0.2) is 0 Å². The third-order valence-electron chi connectivity index (χ3n) is 3.08. The smallest absolute Gasteiger partial charge is 0.418 e. The topological polar surface area (TPSA) is 30.5 Å². The van der Waals surface area contributed by atoms with Crippen LogP contribution >= 0.6 is 0 Å². The SMILES string of the molecule is COc1ccc(NCC2CCCO2)c(C(F)(F)F)c1. The lowest BCUT2D eigenvalue weighted by Crippen LogP contribution is -2.20. The van der Waals surface area contributed by atoms with E-state index in [1.54, 1.807) is 0 Å². The van der Waals surface area contributed by atoms with Crippen molar-refractivity contribution in [3.63, 3.8) is 0 Å². The van der Waals surface area contributed by atoms with E-state index < -0.39 is 11.7 Å². The van der Waals surface area contributed by atoms with Gasteiger partial charge in [-0.05, 0) is 31.0 Å². The van der Waals surface area contributed by atoms with Gasteiger partial charge in [0.05, 0.1) is 18.8 Å². The first kappa shape index (κ1) is 14.0. The fraction of sp³-hybridized carbons (Fsp3) is 0.538. The van der Waals surface area contributed by atoms with Crippen molar-refractivity contribution in [2.24, 2.45) is 0 Å². The molecule has 1 aromatic rings. The third-order valence-corrected chi connectivity index (χ3v) is 3.08. The minimum absolute atomic E-state index is 0.0109. The first-order valence-corrected chi connectivity index (χ1v) is 6.11. The summed E-state index contributed by atoms with van der Waals surface area (Å²) in [5.74, 6) is 0.190. The van der Waals surface area contributed by atoms with Crippen LogP contribution in [0, 0.1) is 0 Å². The Morgan fingerprint density at radius 2 is 2.21 bits per heavy atom. The van der Waals surface area contributed by atoms with Gasteiger partial charge < -0.3 is 14.8 Å². The lowest BCUT2D eigenvalue weighted by Gasteiger charge is -2.17. The zero-order chi connectivity index (χ0) is 13.9.